The number of imidazole rings is 1. The maximum Gasteiger partial charge on any atom is 0.191 e. The molecular weight excluding hydrogens is 316 g/mol. The summed E-state index contributed by atoms with van der Waals surface area (Å²) in [6.45, 7) is 14.9. The number of aliphatic imine (C=N–C) groups is 1. The van der Waals surface area contributed by atoms with Crippen LogP contribution in [0.25, 0.3) is 0 Å². The number of ether oxygens (including phenoxy) is 1. The molecule has 0 aliphatic carbocycles. The molecule has 1 unspecified atom stereocenters. The summed E-state index contributed by atoms with van der Waals surface area (Å²) in [6.07, 6.45) is 6.72. The second kappa shape index (κ2) is 10.9. The zero-order valence-corrected chi connectivity index (χ0v) is 15.6. The number of nitrogens with zero attached hydrogens (tertiary/aromatic N) is 4. The fraction of sp³-hybridized carbons (Fsp3) is 0.667. The molecule has 25 heavy (non-hydrogen) atoms. The zero-order chi connectivity index (χ0) is 17.9. The van der Waals surface area contributed by atoms with Crippen molar-refractivity contribution >= 4 is 5.96 Å². The summed E-state index contributed by atoms with van der Waals surface area (Å²) in [5, 5.41) is 6.70. The van der Waals surface area contributed by atoms with E-state index in [1.165, 1.54) is 0 Å². The summed E-state index contributed by atoms with van der Waals surface area (Å²) in [5.74, 6) is 1.90. The van der Waals surface area contributed by atoms with E-state index >= 15 is 0 Å². The van der Waals surface area contributed by atoms with Gasteiger partial charge in [0.2, 0.25) is 0 Å². The van der Waals surface area contributed by atoms with Crippen LogP contribution in [0.3, 0.4) is 0 Å². The molecule has 0 bridgehead atoms. The highest BCUT2D eigenvalue weighted by Gasteiger charge is 2.16. The van der Waals surface area contributed by atoms with Gasteiger partial charge in [0.05, 0.1) is 19.8 Å². The Bertz CT molecular complexity index is 535. The van der Waals surface area contributed by atoms with Gasteiger partial charge in [-0.2, -0.15) is 0 Å². The van der Waals surface area contributed by atoms with Gasteiger partial charge in [0, 0.05) is 51.2 Å². The Morgan fingerprint density at radius 2 is 2.24 bits per heavy atom. The van der Waals surface area contributed by atoms with Crippen LogP contribution in [0.5, 0.6) is 0 Å². The lowest BCUT2D eigenvalue weighted by Crippen LogP contribution is -2.44. The van der Waals surface area contributed by atoms with Crippen LogP contribution < -0.4 is 10.6 Å². The molecule has 1 atom stereocenters. The minimum absolute atomic E-state index is 0.417. The Balaban J connectivity index is 1.75. The van der Waals surface area contributed by atoms with Gasteiger partial charge in [0.1, 0.15) is 5.82 Å². The van der Waals surface area contributed by atoms with E-state index in [2.05, 4.69) is 38.6 Å². The quantitative estimate of drug-likeness (QED) is 0.302. The van der Waals surface area contributed by atoms with Gasteiger partial charge >= 0.3 is 0 Å². The number of hydrogen-bond acceptors (Lipinski definition) is 4. The fourth-order valence-electron chi connectivity index (χ4n) is 2.80. The molecule has 2 rings (SSSR count). The van der Waals surface area contributed by atoms with Crippen LogP contribution in [0, 0.1) is 6.92 Å². The molecule has 1 aromatic rings. The second-order valence-electron chi connectivity index (χ2n) is 6.30. The van der Waals surface area contributed by atoms with Crippen molar-refractivity contribution in [2.24, 2.45) is 4.99 Å². The first-order valence-electron chi connectivity index (χ1n) is 9.13. The first-order chi connectivity index (χ1) is 12.2. The lowest BCUT2D eigenvalue weighted by Gasteiger charge is -2.31. The Morgan fingerprint density at radius 1 is 1.44 bits per heavy atom. The monoisotopic (exact) mass is 348 g/mol. The van der Waals surface area contributed by atoms with E-state index < -0.39 is 0 Å². The van der Waals surface area contributed by atoms with Crippen molar-refractivity contribution in [2.45, 2.75) is 32.9 Å². The van der Waals surface area contributed by atoms with E-state index in [4.69, 9.17) is 9.73 Å². The number of rotatable bonds is 9. The highest BCUT2D eigenvalue weighted by Crippen LogP contribution is 2.03. The van der Waals surface area contributed by atoms with E-state index in [1.807, 2.05) is 25.4 Å². The van der Waals surface area contributed by atoms with Crippen LogP contribution in [0.2, 0.25) is 0 Å². The topological polar surface area (TPSA) is 66.7 Å². The van der Waals surface area contributed by atoms with Gasteiger partial charge < -0.3 is 19.9 Å². The van der Waals surface area contributed by atoms with Crippen molar-refractivity contribution in [3.8, 4) is 0 Å². The normalized spacial score (nSPS) is 17.3. The molecule has 2 heterocycles. The number of morpholine rings is 1. The molecule has 1 aliphatic heterocycles. The highest BCUT2D eigenvalue weighted by molar-refractivity contribution is 5.79. The average molecular weight is 348 g/mol. The molecule has 7 nitrogen and oxygen atoms in total. The number of guanidine groups is 1. The van der Waals surface area contributed by atoms with Crippen LogP contribution in [-0.4, -0.2) is 72.4 Å². The van der Waals surface area contributed by atoms with E-state index in [-0.39, 0.29) is 0 Å². The van der Waals surface area contributed by atoms with Gasteiger partial charge in [0.15, 0.2) is 5.96 Å². The first kappa shape index (κ1) is 19.5. The van der Waals surface area contributed by atoms with Crippen LogP contribution in [0.1, 0.15) is 19.2 Å². The van der Waals surface area contributed by atoms with Gasteiger partial charge in [-0.25, -0.2) is 4.98 Å². The average Bonchev–Trinajstić information content (AvgIpc) is 3.05. The molecule has 1 aromatic heterocycles. The molecule has 0 radical (unpaired) electrons. The number of nitrogens with one attached hydrogen (secondary N) is 2. The third-order valence-electron chi connectivity index (χ3n) is 4.39. The van der Waals surface area contributed by atoms with E-state index in [9.17, 15) is 0 Å². The Hall–Kier alpha value is -1.86. The van der Waals surface area contributed by atoms with Crippen molar-refractivity contribution < 1.29 is 4.74 Å². The van der Waals surface area contributed by atoms with Gasteiger partial charge in [-0.05, 0) is 20.3 Å². The third kappa shape index (κ3) is 6.88. The largest absolute Gasteiger partial charge is 0.379 e. The Kier molecular flexibility index (Phi) is 8.48. The van der Waals surface area contributed by atoms with E-state index in [1.54, 1.807) is 0 Å². The van der Waals surface area contributed by atoms with E-state index in [0.717, 1.165) is 64.1 Å². The van der Waals surface area contributed by atoms with Crippen molar-refractivity contribution in [2.75, 3.05) is 45.9 Å². The van der Waals surface area contributed by atoms with Gasteiger partial charge in [-0.1, -0.05) is 6.08 Å². The summed E-state index contributed by atoms with van der Waals surface area (Å²) in [5.41, 5.74) is 0. The molecule has 140 valence electrons. The minimum atomic E-state index is 0.417. The smallest absolute Gasteiger partial charge is 0.191 e. The third-order valence-corrected chi connectivity index (χ3v) is 4.39. The van der Waals surface area contributed by atoms with Crippen LogP contribution in [-0.2, 0) is 11.3 Å². The molecule has 1 aliphatic rings. The Labute approximate surface area is 151 Å². The first-order valence-corrected chi connectivity index (χ1v) is 9.13. The number of aryl methyl sites for hydroxylation is 2. The summed E-state index contributed by atoms with van der Waals surface area (Å²) < 4.78 is 7.58. The van der Waals surface area contributed by atoms with Crippen molar-refractivity contribution in [1.82, 2.24) is 25.1 Å². The van der Waals surface area contributed by atoms with Gasteiger partial charge in [-0.15, -0.1) is 6.58 Å². The summed E-state index contributed by atoms with van der Waals surface area (Å²) in [7, 11) is 0. The van der Waals surface area contributed by atoms with Crippen LogP contribution >= 0.6 is 0 Å². The maximum atomic E-state index is 5.41. The van der Waals surface area contributed by atoms with Crippen LogP contribution in [0.15, 0.2) is 30.0 Å². The predicted octanol–water partition coefficient (Wildman–Crippen LogP) is 1.02. The maximum absolute atomic E-state index is 5.41. The molecule has 0 saturated carbocycles. The summed E-state index contributed by atoms with van der Waals surface area (Å²) in [6, 6.07) is 0.417. The number of hydrogen-bond donors (Lipinski definition) is 2. The van der Waals surface area contributed by atoms with Crippen molar-refractivity contribution in [3.63, 3.8) is 0 Å². The van der Waals surface area contributed by atoms with E-state index in [0.29, 0.717) is 12.6 Å². The highest BCUT2D eigenvalue weighted by atomic mass is 16.5. The molecule has 2 N–H and O–H groups in total. The Morgan fingerprint density at radius 3 is 2.92 bits per heavy atom. The molecule has 0 amide bonds. The molecule has 0 spiro atoms. The summed E-state index contributed by atoms with van der Waals surface area (Å²) >= 11 is 0. The lowest BCUT2D eigenvalue weighted by molar-refractivity contribution is 0.0220. The predicted molar refractivity (Wildman–Crippen MR) is 102 cm³/mol. The molecule has 1 fully saturated rings. The molecule has 0 aromatic carbocycles. The number of aromatic nitrogens is 2. The van der Waals surface area contributed by atoms with Crippen molar-refractivity contribution in [1.29, 1.82) is 0 Å². The standard InChI is InChI=1S/C18H32N6O/c1-4-6-20-18(21-7-5-9-24-10-8-19-17(24)3)22-15-16(2)23-11-13-25-14-12-23/h4,8,10,16H,1,5-7,9,11-15H2,2-3H3,(H2,20,21,22). The van der Waals surface area contributed by atoms with Gasteiger partial charge in [0.25, 0.3) is 0 Å². The SMILES string of the molecule is C=CCNC(=NCC(C)N1CCOCC1)NCCCn1ccnc1C. The zero-order valence-electron chi connectivity index (χ0n) is 15.6. The molecule has 7 heteroatoms. The minimum Gasteiger partial charge on any atom is -0.379 e. The molecule has 1 saturated heterocycles. The second-order valence-corrected chi connectivity index (χ2v) is 6.30. The van der Waals surface area contributed by atoms with Crippen LogP contribution in [0.4, 0.5) is 0 Å². The van der Waals surface area contributed by atoms with Crippen molar-refractivity contribution in [3.05, 3.63) is 30.9 Å². The van der Waals surface area contributed by atoms with Gasteiger partial charge in [-0.3, -0.25) is 9.89 Å². The lowest BCUT2D eigenvalue weighted by atomic mass is 10.2. The summed E-state index contributed by atoms with van der Waals surface area (Å²) in [4.78, 5) is 11.4. The molecular formula is C18H32N6O. The fourth-order valence-corrected chi connectivity index (χ4v) is 2.80.